The van der Waals surface area contributed by atoms with Crippen LogP contribution in [-0.4, -0.2) is 34.6 Å². The molecule has 6 nitrogen and oxygen atoms in total. The molecule has 0 spiro atoms. The average molecular weight is 222 g/mol. The molecule has 86 valence electrons. The van der Waals surface area contributed by atoms with Crippen LogP contribution >= 0.6 is 0 Å². The van der Waals surface area contributed by atoms with E-state index in [0.717, 1.165) is 6.42 Å². The largest absolute Gasteiger partial charge is 0.382 e. The van der Waals surface area contributed by atoms with Crippen molar-refractivity contribution in [2.45, 2.75) is 18.9 Å². The number of nitrogen functional groups attached to an aromatic ring is 1. The zero-order valence-electron chi connectivity index (χ0n) is 9.06. The first-order chi connectivity index (χ1) is 7.59. The zero-order chi connectivity index (χ0) is 11.6. The van der Waals surface area contributed by atoms with Crippen LogP contribution in [0.1, 0.15) is 23.8 Å². The summed E-state index contributed by atoms with van der Waals surface area (Å²) < 4.78 is 5.25. The molecule has 1 aromatic heterocycles. The number of carbonyl (C=O) groups excluding carboxylic acids is 1. The second-order valence-electron chi connectivity index (χ2n) is 4.15. The minimum atomic E-state index is -0.316. The second-order valence-corrected chi connectivity index (χ2v) is 4.15. The number of nitrogens with one attached hydrogen (secondary N) is 1. The third-order valence-corrected chi connectivity index (χ3v) is 2.52. The molecule has 2 rings (SSSR count). The highest BCUT2D eigenvalue weighted by Gasteiger charge is 2.31. The minimum absolute atomic E-state index is 0.230. The fourth-order valence-corrected chi connectivity index (χ4v) is 1.59. The van der Waals surface area contributed by atoms with Crippen LogP contribution in [0, 0.1) is 0 Å². The van der Waals surface area contributed by atoms with Gasteiger partial charge in [-0.05, 0) is 13.3 Å². The number of ether oxygens (including phenoxy) is 1. The Morgan fingerprint density at radius 2 is 2.44 bits per heavy atom. The summed E-state index contributed by atoms with van der Waals surface area (Å²) in [4.78, 5) is 19.6. The van der Waals surface area contributed by atoms with Crippen molar-refractivity contribution in [3.8, 4) is 0 Å². The molecule has 1 fully saturated rings. The van der Waals surface area contributed by atoms with Crippen molar-refractivity contribution in [1.29, 1.82) is 0 Å². The Labute approximate surface area is 93.2 Å². The summed E-state index contributed by atoms with van der Waals surface area (Å²) in [6.45, 7) is 3.13. The maximum absolute atomic E-state index is 11.8. The molecule has 3 N–H and O–H groups in total. The molecule has 16 heavy (non-hydrogen) atoms. The Hall–Kier alpha value is -1.69. The van der Waals surface area contributed by atoms with Crippen LogP contribution in [-0.2, 0) is 4.74 Å². The number of anilines is 1. The van der Waals surface area contributed by atoms with E-state index >= 15 is 0 Å². The van der Waals surface area contributed by atoms with E-state index < -0.39 is 0 Å². The van der Waals surface area contributed by atoms with E-state index in [1.54, 1.807) is 0 Å². The summed E-state index contributed by atoms with van der Waals surface area (Å²) in [6, 6.07) is 0. The molecule has 1 atom stereocenters. The topological polar surface area (TPSA) is 90.1 Å². The fraction of sp³-hybridized carbons (Fsp3) is 0.500. The third-order valence-electron chi connectivity index (χ3n) is 2.52. The fourth-order valence-electron chi connectivity index (χ4n) is 1.59. The Morgan fingerprint density at radius 1 is 1.62 bits per heavy atom. The predicted octanol–water partition coefficient (Wildman–Crippen LogP) is -0.0324. The lowest BCUT2D eigenvalue weighted by molar-refractivity contribution is 0.0884. The Balaban J connectivity index is 2.08. The molecule has 2 heterocycles. The quantitative estimate of drug-likeness (QED) is 0.733. The van der Waals surface area contributed by atoms with Crippen molar-refractivity contribution in [3.05, 3.63) is 18.1 Å². The van der Waals surface area contributed by atoms with E-state index in [2.05, 4.69) is 15.3 Å². The standard InChI is InChI=1S/C10H14N4O2/c1-10(2-3-16-6-10)14-9(15)7-4-12-5-8(11)13-7/h4-5H,2-3,6H2,1H3,(H2,11,13)(H,14,15). The van der Waals surface area contributed by atoms with E-state index in [9.17, 15) is 4.79 Å². The van der Waals surface area contributed by atoms with Crippen LogP contribution in [0.15, 0.2) is 12.4 Å². The maximum atomic E-state index is 11.8. The van der Waals surface area contributed by atoms with Crippen LogP contribution in [0.3, 0.4) is 0 Å². The van der Waals surface area contributed by atoms with Gasteiger partial charge in [-0.15, -0.1) is 0 Å². The zero-order valence-corrected chi connectivity index (χ0v) is 9.06. The first-order valence-corrected chi connectivity index (χ1v) is 5.07. The van der Waals surface area contributed by atoms with Crippen molar-refractivity contribution in [2.24, 2.45) is 0 Å². The van der Waals surface area contributed by atoms with Gasteiger partial charge in [-0.2, -0.15) is 0 Å². The van der Waals surface area contributed by atoms with Crippen molar-refractivity contribution in [2.75, 3.05) is 18.9 Å². The van der Waals surface area contributed by atoms with Crippen molar-refractivity contribution >= 4 is 11.7 Å². The summed E-state index contributed by atoms with van der Waals surface area (Å²) in [7, 11) is 0. The van der Waals surface area contributed by atoms with Gasteiger partial charge in [0.15, 0.2) is 0 Å². The number of amides is 1. The number of aromatic nitrogens is 2. The summed E-state index contributed by atoms with van der Waals surface area (Å²) >= 11 is 0. The van der Waals surface area contributed by atoms with E-state index in [0.29, 0.717) is 13.2 Å². The molecule has 0 aliphatic carbocycles. The van der Waals surface area contributed by atoms with Crippen molar-refractivity contribution in [1.82, 2.24) is 15.3 Å². The summed E-state index contributed by atoms with van der Waals surface area (Å²) in [5, 5.41) is 2.88. The van der Waals surface area contributed by atoms with Crippen molar-refractivity contribution < 1.29 is 9.53 Å². The Bertz CT molecular complexity index is 402. The van der Waals surface area contributed by atoms with E-state index in [-0.39, 0.29) is 23.0 Å². The van der Waals surface area contributed by atoms with Crippen LogP contribution in [0.5, 0.6) is 0 Å². The lowest BCUT2D eigenvalue weighted by Crippen LogP contribution is -2.46. The second kappa shape index (κ2) is 4.05. The molecule has 0 bridgehead atoms. The highest BCUT2D eigenvalue weighted by Crippen LogP contribution is 2.17. The van der Waals surface area contributed by atoms with Gasteiger partial charge < -0.3 is 15.8 Å². The number of nitrogens with two attached hydrogens (primary N) is 1. The van der Waals surface area contributed by atoms with E-state index in [1.807, 2.05) is 6.92 Å². The predicted molar refractivity (Wildman–Crippen MR) is 57.8 cm³/mol. The number of rotatable bonds is 2. The minimum Gasteiger partial charge on any atom is -0.382 e. The molecule has 1 aromatic rings. The van der Waals surface area contributed by atoms with Crippen LogP contribution in [0.25, 0.3) is 0 Å². The van der Waals surface area contributed by atoms with E-state index in [4.69, 9.17) is 10.5 Å². The SMILES string of the molecule is CC1(NC(=O)c2cncc(N)n2)CCOC1. The molecule has 1 unspecified atom stereocenters. The first kappa shape index (κ1) is 10.8. The van der Waals surface area contributed by atoms with Gasteiger partial charge in [0.1, 0.15) is 11.5 Å². The number of hydrogen-bond donors (Lipinski definition) is 2. The number of hydrogen-bond acceptors (Lipinski definition) is 5. The van der Waals surface area contributed by atoms with Gasteiger partial charge in [0, 0.05) is 6.61 Å². The average Bonchev–Trinajstić information content (AvgIpc) is 2.65. The van der Waals surface area contributed by atoms with E-state index in [1.165, 1.54) is 12.4 Å². The molecule has 1 aliphatic rings. The summed E-state index contributed by atoms with van der Waals surface area (Å²) in [6.07, 6.45) is 3.59. The first-order valence-electron chi connectivity index (χ1n) is 5.07. The third kappa shape index (κ3) is 2.27. The molecule has 0 aromatic carbocycles. The normalized spacial score (nSPS) is 24.3. The Kier molecular flexibility index (Phi) is 2.74. The van der Waals surface area contributed by atoms with Gasteiger partial charge >= 0.3 is 0 Å². The summed E-state index contributed by atoms with van der Waals surface area (Å²) in [5.74, 6) is -0.0340. The van der Waals surface area contributed by atoms with Crippen LogP contribution < -0.4 is 11.1 Å². The van der Waals surface area contributed by atoms with Gasteiger partial charge in [0.05, 0.1) is 24.5 Å². The highest BCUT2D eigenvalue weighted by molar-refractivity contribution is 5.92. The highest BCUT2D eigenvalue weighted by atomic mass is 16.5. The van der Waals surface area contributed by atoms with Gasteiger partial charge in [-0.1, -0.05) is 0 Å². The lowest BCUT2D eigenvalue weighted by atomic mass is 10.0. The molecular formula is C10H14N4O2. The van der Waals surface area contributed by atoms with Gasteiger partial charge in [0.2, 0.25) is 0 Å². The van der Waals surface area contributed by atoms with Crippen LogP contribution in [0.2, 0.25) is 0 Å². The Morgan fingerprint density at radius 3 is 3.06 bits per heavy atom. The molecule has 0 saturated carbocycles. The molecule has 1 saturated heterocycles. The smallest absolute Gasteiger partial charge is 0.272 e. The van der Waals surface area contributed by atoms with Crippen molar-refractivity contribution in [3.63, 3.8) is 0 Å². The molecule has 6 heteroatoms. The lowest BCUT2D eigenvalue weighted by Gasteiger charge is -2.23. The molecular weight excluding hydrogens is 208 g/mol. The van der Waals surface area contributed by atoms with Gasteiger partial charge in [-0.25, -0.2) is 4.98 Å². The molecule has 0 radical (unpaired) electrons. The molecule has 1 amide bonds. The monoisotopic (exact) mass is 222 g/mol. The van der Waals surface area contributed by atoms with Gasteiger partial charge in [0.25, 0.3) is 5.91 Å². The van der Waals surface area contributed by atoms with Crippen LogP contribution in [0.4, 0.5) is 5.82 Å². The van der Waals surface area contributed by atoms with Gasteiger partial charge in [-0.3, -0.25) is 9.78 Å². The maximum Gasteiger partial charge on any atom is 0.272 e. The number of carbonyl (C=O) groups is 1. The molecule has 1 aliphatic heterocycles. The number of nitrogens with zero attached hydrogens (tertiary/aromatic N) is 2. The summed E-state index contributed by atoms with van der Waals surface area (Å²) in [5.41, 5.74) is 5.37.